The van der Waals surface area contributed by atoms with Gasteiger partial charge in [0.05, 0.1) is 0 Å². The smallest absolute Gasteiger partial charge is 0.204 e. The molecule has 1 aromatic heterocycles. The molecule has 94 valence electrons. The first-order valence-corrected chi connectivity index (χ1v) is 6.47. The van der Waals surface area contributed by atoms with Gasteiger partial charge < -0.3 is 0 Å². The Bertz CT molecular complexity index is 487. The molecule has 2 aromatic rings. The van der Waals surface area contributed by atoms with E-state index in [1.54, 1.807) is 4.80 Å². The average molecular weight is 243 g/mol. The number of nitrogens with zero attached hydrogens (tertiary/aromatic N) is 5. The second kappa shape index (κ2) is 5.27. The van der Waals surface area contributed by atoms with Crippen molar-refractivity contribution in [3.63, 3.8) is 0 Å². The summed E-state index contributed by atoms with van der Waals surface area (Å²) in [5.41, 5.74) is 1.02. The molecule has 1 saturated heterocycles. The second-order valence-corrected chi connectivity index (χ2v) is 4.67. The zero-order chi connectivity index (χ0) is 12.2. The molecule has 0 saturated carbocycles. The van der Waals surface area contributed by atoms with Gasteiger partial charge in [-0.25, -0.2) is 0 Å². The van der Waals surface area contributed by atoms with Crippen LogP contribution >= 0.6 is 0 Å². The summed E-state index contributed by atoms with van der Waals surface area (Å²) in [6, 6.07) is 9.97. The quantitative estimate of drug-likeness (QED) is 0.824. The molecule has 3 rings (SSSR count). The first kappa shape index (κ1) is 11.3. The highest BCUT2D eigenvalue weighted by Gasteiger charge is 2.12. The first-order valence-electron chi connectivity index (χ1n) is 6.47. The van der Waals surface area contributed by atoms with Crippen molar-refractivity contribution in [3.05, 3.63) is 30.3 Å². The van der Waals surface area contributed by atoms with E-state index in [1.165, 1.54) is 19.3 Å². The molecule has 1 aromatic carbocycles. The standard InChI is InChI=1S/C13H17N5/c1-3-7-12(8-4-1)13-14-16-18(15-13)11-17-9-5-2-6-10-17/h1,3-4,7-8H,2,5-6,9-11H2. The van der Waals surface area contributed by atoms with Crippen molar-refractivity contribution >= 4 is 0 Å². The lowest BCUT2D eigenvalue weighted by molar-refractivity contribution is 0.161. The van der Waals surface area contributed by atoms with E-state index >= 15 is 0 Å². The molecule has 2 heterocycles. The van der Waals surface area contributed by atoms with Crippen LogP contribution in [-0.4, -0.2) is 38.2 Å². The van der Waals surface area contributed by atoms with E-state index in [2.05, 4.69) is 20.3 Å². The van der Waals surface area contributed by atoms with Crippen LogP contribution in [0.1, 0.15) is 19.3 Å². The lowest BCUT2D eigenvalue weighted by Gasteiger charge is -2.25. The van der Waals surface area contributed by atoms with Crippen LogP contribution in [0.5, 0.6) is 0 Å². The van der Waals surface area contributed by atoms with Gasteiger partial charge in [0.25, 0.3) is 0 Å². The number of hydrogen-bond donors (Lipinski definition) is 0. The minimum atomic E-state index is 0.701. The Hall–Kier alpha value is -1.75. The number of likely N-dealkylation sites (tertiary alicyclic amines) is 1. The average Bonchev–Trinajstić information content (AvgIpc) is 2.89. The third-order valence-corrected chi connectivity index (χ3v) is 3.26. The van der Waals surface area contributed by atoms with Crippen molar-refractivity contribution < 1.29 is 0 Å². The summed E-state index contributed by atoms with van der Waals surface area (Å²) < 4.78 is 0. The third kappa shape index (κ3) is 2.56. The maximum Gasteiger partial charge on any atom is 0.204 e. The SMILES string of the molecule is c1ccc(-c2nnn(CN3CCCCC3)n2)cc1. The van der Waals surface area contributed by atoms with Crippen LogP contribution in [0.25, 0.3) is 11.4 Å². The minimum Gasteiger partial charge on any atom is -0.283 e. The van der Waals surface area contributed by atoms with E-state index in [4.69, 9.17) is 0 Å². The van der Waals surface area contributed by atoms with E-state index in [9.17, 15) is 0 Å². The van der Waals surface area contributed by atoms with E-state index in [-0.39, 0.29) is 0 Å². The van der Waals surface area contributed by atoms with Crippen molar-refractivity contribution in [2.75, 3.05) is 13.1 Å². The second-order valence-electron chi connectivity index (χ2n) is 4.67. The van der Waals surface area contributed by atoms with Crippen molar-refractivity contribution in [2.45, 2.75) is 25.9 Å². The molecular formula is C13H17N5. The molecule has 5 nitrogen and oxygen atoms in total. The van der Waals surface area contributed by atoms with Gasteiger partial charge in [-0.05, 0) is 31.1 Å². The maximum absolute atomic E-state index is 4.43. The lowest BCUT2D eigenvalue weighted by Crippen LogP contribution is -2.32. The zero-order valence-corrected chi connectivity index (χ0v) is 10.4. The Morgan fingerprint density at radius 3 is 2.56 bits per heavy atom. The van der Waals surface area contributed by atoms with E-state index in [1.807, 2.05) is 30.3 Å². The van der Waals surface area contributed by atoms with E-state index < -0.39 is 0 Å². The van der Waals surface area contributed by atoms with Crippen LogP contribution < -0.4 is 0 Å². The Balaban J connectivity index is 1.69. The molecule has 0 atom stereocenters. The summed E-state index contributed by atoms with van der Waals surface area (Å²) >= 11 is 0. The molecule has 5 heteroatoms. The predicted octanol–water partition coefficient (Wildman–Crippen LogP) is 1.78. The number of benzene rings is 1. The van der Waals surface area contributed by atoms with Gasteiger partial charge in [-0.1, -0.05) is 36.8 Å². The molecule has 0 bridgehead atoms. The summed E-state index contributed by atoms with van der Waals surface area (Å²) in [5.74, 6) is 0.701. The monoisotopic (exact) mass is 243 g/mol. The predicted molar refractivity (Wildman–Crippen MR) is 68.7 cm³/mol. The van der Waals surface area contributed by atoms with Crippen LogP contribution in [0, 0.1) is 0 Å². The number of piperidine rings is 1. The first-order chi connectivity index (χ1) is 8.92. The largest absolute Gasteiger partial charge is 0.283 e. The van der Waals surface area contributed by atoms with Crippen LogP contribution in [-0.2, 0) is 6.67 Å². The highest BCUT2D eigenvalue weighted by atomic mass is 15.6. The molecule has 1 aliphatic heterocycles. The van der Waals surface area contributed by atoms with Gasteiger partial charge in [0.15, 0.2) is 0 Å². The van der Waals surface area contributed by atoms with Crippen molar-refractivity contribution in [2.24, 2.45) is 0 Å². The fraction of sp³-hybridized carbons (Fsp3) is 0.462. The van der Waals surface area contributed by atoms with Crippen LogP contribution in [0.2, 0.25) is 0 Å². The Morgan fingerprint density at radius 1 is 1.00 bits per heavy atom. The fourth-order valence-corrected chi connectivity index (χ4v) is 2.29. The summed E-state index contributed by atoms with van der Waals surface area (Å²) in [6.45, 7) is 3.03. The molecule has 18 heavy (non-hydrogen) atoms. The van der Waals surface area contributed by atoms with Crippen LogP contribution in [0.3, 0.4) is 0 Å². The summed E-state index contributed by atoms with van der Waals surface area (Å²) in [4.78, 5) is 4.06. The van der Waals surface area contributed by atoms with Gasteiger partial charge in [-0.2, -0.15) is 0 Å². The van der Waals surface area contributed by atoms with Gasteiger partial charge in [0, 0.05) is 5.56 Å². The van der Waals surface area contributed by atoms with Gasteiger partial charge >= 0.3 is 0 Å². The van der Waals surface area contributed by atoms with Gasteiger partial charge in [0.2, 0.25) is 5.82 Å². The van der Waals surface area contributed by atoms with Gasteiger partial charge in [-0.15, -0.1) is 15.0 Å². The Labute approximate surface area is 106 Å². The molecule has 0 unspecified atom stereocenters. The maximum atomic E-state index is 4.43. The van der Waals surface area contributed by atoms with E-state index in [0.717, 1.165) is 25.3 Å². The topological polar surface area (TPSA) is 46.8 Å². The van der Waals surface area contributed by atoms with Crippen molar-refractivity contribution in [1.29, 1.82) is 0 Å². The highest BCUT2D eigenvalue weighted by Crippen LogP contribution is 2.13. The molecular weight excluding hydrogens is 226 g/mol. The molecule has 0 aliphatic carbocycles. The highest BCUT2D eigenvalue weighted by molar-refractivity contribution is 5.52. The van der Waals surface area contributed by atoms with E-state index in [0.29, 0.717) is 5.82 Å². The lowest BCUT2D eigenvalue weighted by atomic mass is 10.1. The molecule has 0 spiro atoms. The van der Waals surface area contributed by atoms with Gasteiger partial charge in [0.1, 0.15) is 6.67 Å². The molecule has 0 amide bonds. The zero-order valence-electron chi connectivity index (χ0n) is 10.4. The van der Waals surface area contributed by atoms with Crippen molar-refractivity contribution in [1.82, 2.24) is 25.1 Å². The van der Waals surface area contributed by atoms with Crippen LogP contribution in [0.4, 0.5) is 0 Å². The normalized spacial score (nSPS) is 16.9. The molecule has 0 N–H and O–H groups in total. The fourth-order valence-electron chi connectivity index (χ4n) is 2.29. The van der Waals surface area contributed by atoms with Gasteiger partial charge in [-0.3, -0.25) is 4.90 Å². The number of tetrazole rings is 1. The minimum absolute atomic E-state index is 0.701. The summed E-state index contributed by atoms with van der Waals surface area (Å²) in [5, 5.41) is 12.7. The summed E-state index contributed by atoms with van der Waals surface area (Å²) in [7, 11) is 0. The number of aromatic nitrogens is 4. The molecule has 0 radical (unpaired) electrons. The van der Waals surface area contributed by atoms with Crippen LogP contribution in [0.15, 0.2) is 30.3 Å². The number of hydrogen-bond acceptors (Lipinski definition) is 4. The molecule has 1 aliphatic rings. The Kier molecular flexibility index (Phi) is 3.32. The molecule has 1 fully saturated rings. The third-order valence-electron chi connectivity index (χ3n) is 3.26. The van der Waals surface area contributed by atoms with Crippen molar-refractivity contribution in [3.8, 4) is 11.4 Å². The number of rotatable bonds is 3. The Morgan fingerprint density at radius 2 is 1.78 bits per heavy atom. The summed E-state index contributed by atoms with van der Waals surface area (Å²) in [6.07, 6.45) is 3.90.